The Labute approximate surface area is 92.4 Å². The van der Waals surface area contributed by atoms with Gasteiger partial charge in [-0.15, -0.1) is 12.6 Å². The average Bonchev–Trinajstić information content (AvgIpc) is 2.00. The summed E-state index contributed by atoms with van der Waals surface area (Å²) in [5.41, 5.74) is -2.02. The van der Waals surface area contributed by atoms with Crippen molar-refractivity contribution in [2.75, 3.05) is 0 Å². The van der Waals surface area contributed by atoms with Crippen LogP contribution in [-0.2, 0) is 6.18 Å². The quantitative estimate of drug-likeness (QED) is 0.475. The summed E-state index contributed by atoms with van der Waals surface area (Å²) in [7, 11) is 0. The second-order valence-corrected chi connectivity index (χ2v) is 3.40. The monoisotopic (exact) mass is 257 g/mol. The summed E-state index contributed by atoms with van der Waals surface area (Å²) < 4.78 is 37.2. The van der Waals surface area contributed by atoms with E-state index in [1.165, 1.54) is 0 Å². The van der Waals surface area contributed by atoms with Gasteiger partial charge in [-0.3, -0.25) is 10.1 Å². The van der Waals surface area contributed by atoms with Gasteiger partial charge in [0.1, 0.15) is 0 Å². The highest BCUT2D eigenvalue weighted by atomic mass is 35.5. The summed E-state index contributed by atoms with van der Waals surface area (Å²) in [5.74, 6) is 0. The van der Waals surface area contributed by atoms with Crippen molar-refractivity contribution in [2.24, 2.45) is 0 Å². The minimum Gasteiger partial charge on any atom is -0.258 e. The number of thiol groups is 1. The molecule has 0 spiro atoms. The standard InChI is InChI=1S/C7H3ClF3NO2S/c8-3-1-2-4(12(13)14)6(15)5(3)7(9,10)11/h1-2,15H. The van der Waals surface area contributed by atoms with Crippen molar-refractivity contribution in [2.45, 2.75) is 11.1 Å². The molecular formula is C7H3ClF3NO2S. The number of hydrogen-bond donors (Lipinski definition) is 1. The summed E-state index contributed by atoms with van der Waals surface area (Å²) >= 11 is 8.77. The summed E-state index contributed by atoms with van der Waals surface area (Å²) in [6, 6.07) is 1.70. The van der Waals surface area contributed by atoms with Crippen molar-refractivity contribution in [3.05, 3.63) is 32.8 Å². The summed E-state index contributed by atoms with van der Waals surface area (Å²) in [6.45, 7) is 0. The number of alkyl halides is 3. The van der Waals surface area contributed by atoms with E-state index in [1.54, 1.807) is 0 Å². The van der Waals surface area contributed by atoms with E-state index in [0.29, 0.717) is 0 Å². The van der Waals surface area contributed by atoms with Crippen molar-refractivity contribution in [3.8, 4) is 0 Å². The van der Waals surface area contributed by atoms with Crippen LogP contribution in [0.5, 0.6) is 0 Å². The second-order valence-electron chi connectivity index (χ2n) is 2.54. The fraction of sp³-hybridized carbons (Fsp3) is 0.143. The van der Waals surface area contributed by atoms with Gasteiger partial charge in [0.15, 0.2) is 0 Å². The Balaban J connectivity index is 3.51. The van der Waals surface area contributed by atoms with Crippen LogP contribution in [-0.4, -0.2) is 4.92 Å². The SMILES string of the molecule is O=[N+]([O-])c1ccc(Cl)c(C(F)(F)F)c1S. The predicted molar refractivity (Wildman–Crippen MR) is 50.4 cm³/mol. The van der Waals surface area contributed by atoms with Gasteiger partial charge in [-0.1, -0.05) is 11.6 Å². The molecule has 0 amide bonds. The molecule has 0 bridgehead atoms. The largest absolute Gasteiger partial charge is 0.419 e. The van der Waals surface area contributed by atoms with Gasteiger partial charge in [-0.25, -0.2) is 0 Å². The Kier molecular flexibility index (Phi) is 3.15. The number of benzene rings is 1. The van der Waals surface area contributed by atoms with Gasteiger partial charge in [0.05, 0.1) is 20.4 Å². The highest BCUT2D eigenvalue weighted by Gasteiger charge is 2.38. The molecule has 8 heteroatoms. The Morgan fingerprint density at radius 3 is 2.33 bits per heavy atom. The lowest BCUT2D eigenvalue weighted by Gasteiger charge is -2.11. The van der Waals surface area contributed by atoms with E-state index in [0.717, 1.165) is 12.1 Å². The van der Waals surface area contributed by atoms with Crippen molar-refractivity contribution in [1.29, 1.82) is 0 Å². The summed E-state index contributed by atoms with van der Waals surface area (Å²) in [5, 5.41) is 9.75. The highest BCUT2D eigenvalue weighted by Crippen LogP contribution is 2.42. The normalized spacial score (nSPS) is 11.5. The molecule has 15 heavy (non-hydrogen) atoms. The molecule has 1 aromatic rings. The molecule has 0 aliphatic heterocycles. The van der Waals surface area contributed by atoms with Crippen LogP contribution in [0.2, 0.25) is 5.02 Å². The maximum absolute atomic E-state index is 12.4. The van der Waals surface area contributed by atoms with E-state index >= 15 is 0 Å². The average molecular weight is 258 g/mol. The Hall–Kier alpha value is -0.950. The first-order chi connectivity index (χ1) is 6.75. The Bertz CT molecular complexity index is 421. The number of nitrogens with zero attached hydrogens (tertiary/aromatic N) is 1. The van der Waals surface area contributed by atoms with Crippen LogP contribution in [0.15, 0.2) is 17.0 Å². The third-order valence-corrected chi connectivity index (χ3v) is 2.35. The van der Waals surface area contributed by atoms with Crippen LogP contribution in [0.25, 0.3) is 0 Å². The number of nitro groups is 1. The Morgan fingerprint density at radius 1 is 1.40 bits per heavy atom. The Morgan fingerprint density at radius 2 is 1.93 bits per heavy atom. The lowest BCUT2D eigenvalue weighted by molar-refractivity contribution is -0.388. The molecule has 0 saturated heterocycles. The molecule has 0 N–H and O–H groups in total. The lowest BCUT2D eigenvalue weighted by atomic mass is 10.2. The van der Waals surface area contributed by atoms with Gasteiger partial charge in [0.25, 0.3) is 5.69 Å². The first-order valence-electron chi connectivity index (χ1n) is 3.48. The smallest absolute Gasteiger partial charge is 0.258 e. The van der Waals surface area contributed by atoms with Crippen LogP contribution >= 0.6 is 24.2 Å². The molecule has 0 radical (unpaired) electrons. The maximum atomic E-state index is 12.4. The first kappa shape index (κ1) is 12.1. The van der Waals surface area contributed by atoms with E-state index in [9.17, 15) is 23.3 Å². The predicted octanol–water partition coefficient (Wildman–Crippen LogP) is 3.56. The first-order valence-corrected chi connectivity index (χ1v) is 4.30. The second kappa shape index (κ2) is 3.90. The van der Waals surface area contributed by atoms with Gasteiger partial charge >= 0.3 is 6.18 Å². The fourth-order valence-corrected chi connectivity index (χ4v) is 1.71. The van der Waals surface area contributed by atoms with Crippen molar-refractivity contribution in [1.82, 2.24) is 0 Å². The molecule has 0 atom stereocenters. The van der Waals surface area contributed by atoms with Crippen molar-refractivity contribution in [3.63, 3.8) is 0 Å². The number of nitro benzene ring substituents is 1. The zero-order chi connectivity index (χ0) is 11.8. The zero-order valence-electron chi connectivity index (χ0n) is 6.88. The fourth-order valence-electron chi connectivity index (χ4n) is 0.973. The molecular weight excluding hydrogens is 255 g/mol. The molecule has 0 aromatic heterocycles. The van der Waals surface area contributed by atoms with Crippen LogP contribution in [0.4, 0.5) is 18.9 Å². The number of rotatable bonds is 1. The molecule has 1 aromatic carbocycles. The third kappa shape index (κ3) is 2.35. The molecule has 0 heterocycles. The van der Waals surface area contributed by atoms with Crippen molar-refractivity contribution < 1.29 is 18.1 Å². The molecule has 3 nitrogen and oxygen atoms in total. The minimum atomic E-state index is -4.76. The van der Waals surface area contributed by atoms with Crippen LogP contribution < -0.4 is 0 Å². The lowest BCUT2D eigenvalue weighted by Crippen LogP contribution is -2.08. The topological polar surface area (TPSA) is 43.1 Å². The van der Waals surface area contributed by atoms with Crippen LogP contribution in [0.3, 0.4) is 0 Å². The van der Waals surface area contributed by atoms with E-state index in [4.69, 9.17) is 11.6 Å². The molecule has 0 aliphatic rings. The maximum Gasteiger partial charge on any atom is 0.419 e. The molecule has 0 saturated carbocycles. The molecule has 0 fully saturated rings. The van der Waals surface area contributed by atoms with Gasteiger partial charge in [0.2, 0.25) is 0 Å². The van der Waals surface area contributed by atoms with Crippen molar-refractivity contribution >= 4 is 29.9 Å². The van der Waals surface area contributed by atoms with E-state index in [-0.39, 0.29) is 0 Å². The van der Waals surface area contributed by atoms with Gasteiger partial charge in [-0.05, 0) is 6.07 Å². The van der Waals surface area contributed by atoms with Gasteiger partial charge < -0.3 is 0 Å². The van der Waals surface area contributed by atoms with Gasteiger partial charge in [0, 0.05) is 6.07 Å². The van der Waals surface area contributed by atoms with Crippen LogP contribution in [0.1, 0.15) is 5.56 Å². The molecule has 0 unspecified atom stereocenters. The molecule has 0 aliphatic carbocycles. The third-order valence-electron chi connectivity index (χ3n) is 1.59. The summed E-state index contributed by atoms with van der Waals surface area (Å²) in [4.78, 5) is 8.63. The highest BCUT2D eigenvalue weighted by molar-refractivity contribution is 7.80. The number of hydrogen-bond acceptors (Lipinski definition) is 3. The van der Waals surface area contributed by atoms with E-state index < -0.39 is 32.3 Å². The van der Waals surface area contributed by atoms with E-state index in [1.807, 2.05) is 0 Å². The number of halogens is 4. The van der Waals surface area contributed by atoms with E-state index in [2.05, 4.69) is 12.6 Å². The summed E-state index contributed by atoms with van der Waals surface area (Å²) in [6.07, 6.45) is -4.76. The molecule has 82 valence electrons. The minimum absolute atomic E-state index is 0.613. The van der Waals surface area contributed by atoms with Gasteiger partial charge in [-0.2, -0.15) is 13.2 Å². The van der Waals surface area contributed by atoms with Crippen LogP contribution in [0, 0.1) is 10.1 Å². The molecule has 1 rings (SSSR count). The zero-order valence-corrected chi connectivity index (χ0v) is 8.53.